The van der Waals surface area contributed by atoms with Gasteiger partial charge in [0.1, 0.15) is 5.75 Å². The molecule has 0 atom stereocenters. The monoisotopic (exact) mass is 390 g/mol. The molecule has 2 aromatic carbocycles. The first kappa shape index (κ1) is 20.9. The zero-order chi connectivity index (χ0) is 19.7. The van der Waals surface area contributed by atoms with E-state index in [-0.39, 0.29) is 38.6 Å². The smallest absolute Gasteiger partial charge is 0.223 e. The SMILES string of the molecule is Cc1ccc(CN(CCNC(=O)CCOc2ccccc2)S(C)(=O)=O)cc1. The number of sulfonamides is 1. The minimum Gasteiger partial charge on any atom is -0.493 e. The van der Waals surface area contributed by atoms with Crippen LogP contribution in [0.15, 0.2) is 54.6 Å². The lowest BCUT2D eigenvalue weighted by atomic mass is 10.1. The molecule has 1 N–H and O–H groups in total. The number of nitrogens with zero attached hydrogens (tertiary/aromatic N) is 1. The van der Waals surface area contributed by atoms with E-state index in [1.807, 2.05) is 61.5 Å². The highest BCUT2D eigenvalue weighted by Gasteiger charge is 2.17. The molecule has 0 saturated heterocycles. The summed E-state index contributed by atoms with van der Waals surface area (Å²) in [6, 6.07) is 17.0. The number of ether oxygens (including phenoxy) is 1. The molecular weight excluding hydrogens is 364 g/mol. The summed E-state index contributed by atoms with van der Waals surface area (Å²) >= 11 is 0. The predicted molar refractivity (Wildman–Crippen MR) is 106 cm³/mol. The van der Waals surface area contributed by atoms with Gasteiger partial charge in [-0.15, -0.1) is 0 Å². The molecule has 0 fully saturated rings. The third-order valence-electron chi connectivity index (χ3n) is 3.97. The summed E-state index contributed by atoms with van der Waals surface area (Å²) in [6.07, 6.45) is 1.39. The van der Waals surface area contributed by atoms with Crippen molar-refractivity contribution in [2.24, 2.45) is 0 Å². The van der Waals surface area contributed by atoms with Crippen LogP contribution in [0.25, 0.3) is 0 Å². The quantitative estimate of drug-likeness (QED) is 0.676. The molecule has 1 amide bonds. The van der Waals surface area contributed by atoms with Crippen LogP contribution in [0.3, 0.4) is 0 Å². The Labute approximate surface area is 161 Å². The normalized spacial score (nSPS) is 11.4. The van der Waals surface area contributed by atoms with Crippen molar-refractivity contribution in [3.05, 3.63) is 65.7 Å². The Morgan fingerprint density at radius 1 is 1.07 bits per heavy atom. The Morgan fingerprint density at radius 2 is 1.74 bits per heavy atom. The standard InChI is InChI=1S/C20H26N2O4S/c1-17-8-10-18(11-9-17)16-22(27(2,24)25)14-13-21-20(23)12-15-26-19-6-4-3-5-7-19/h3-11H,12-16H2,1-2H3,(H,21,23). The van der Waals surface area contributed by atoms with Crippen LogP contribution in [0.1, 0.15) is 17.5 Å². The topological polar surface area (TPSA) is 75.7 Å². The fourth-order valence-corrected chi connectivity index (χ4v) is 3.25. The van der Waals surface area contributed by atoms with Gasteiger partial charge < -0.3 is 10.1 Å². The van der Waals surface area contributed by atoms with Crippen molar-refractivity contribution < 1.29 is 17.9 Å². The molecule has 7 heteroatoms. The van der Waals surface area contributed by atoms with Crippen LogP contribution in [0.4, 0.5) is 0 Å². The summed E-state index contributed by atoms with van der Waals surface area (Å²) in [6.45, 7) is 3.01. The molecule has 0 spiro atoms. The van der Waals surface area contributed by atoms with Gasteiger partial charge in [-0.1, -0.05) is 48.0 Å². The van der Waals surface area contributed by atoms with E-state index in [4.69, 9.17) is 4.74 Å². The maximum absolute atomic E-state index is 12.0. The van der Waals surface area contributed by atoms with E-state index in [1.54, 1.807) is 0 Å². The molecule has 146 valence electrons. The summed E-state index contributed by atoms with van der Waals surface area (Å²) in [4.78, 5) is 11.9. The molecule has 0 aromatic heterocycles. The van der Waals surface area contributed by atoms with Gasteiger partial charge in [0.25, 0.3) is 0 Å². The molecule has 0 bridgehead atoms. The first-order chi connectivity index (χ1) is 12.8. The average Bonchev–Trinajstić information content (AvgIpc) is 2.62. The van der Waals surface area contributed by atoms with E-state index in [1.165, 1.54) is 10.6 Å². The van der Waals surface area contributed by atoms with Gasteiger partial charge >= 0.3 is 0 Å². The van der Waals surface area contributed by atoms with Crippen molar-refractivity contribution in [3.8, 4) is 5.75 Å². The Kier molecular flexibility index (Phi) is 7.82. The Hall–Kier alpha value is -2.38. The molecule has 27 heavy (non-hydrogen) atoms. The Balaban J connectivity index is 1.75. The van der Waals surface area contributed by atoms with Gasteiger partial charge in [0, 0.05) is 19.6 Å². The second kappa shape index (κ2) is 10.1. The summed E-state index contributed by atoms with van der Waals surface area (Å²) in [7, 11) is -3.37. The predicted octanol–water partition coefficient (Wildman–Crippen LogP) is 2.34. The first-order valence-electron chi connectivity index (χ1n) is 8.80. The maximum atomic E-state index is 12.0. The van der Waals surface area contributed by atoms with Gasteiger partial charge in [-0.2, -0.15) is 4.31 Å². The van der Waals surface area contributed by atoms with Crippen molar-refractivity contribution in [1.29, 1.82) is 0 Å². The number of para-hydroxylation sites is 1. The van der Waals surface area contributed by atoms with Gasteiger partial charge in [-0.05, 0) is 24.6 Å². The number of aryl methyl sites for hydroxylation is 1. The van der Waals surface area contributed by atoms with E-state index in [0.29, 0.717) is 5.75 Å². The highest BCUT2D eigenvalue weighted by molar-refractivity contribution is 7.88. The molecule has 6 nitrogen and oxygen atoms in total. The van der Waals surface area contributed by atoms with Gasteiger partial charge in [-0.25, -0.2) is 8.42 Å². The number of hydrogen-bond acceptors (Lipinski definition) is 4. The third-order valence-corrected chi connectivity index (χ3v) is 5.22. The van der Waals surface area contributed by atoms with Gasteiger partial charge in [0.15, 0.2) is 0 Å². The molecule has 0 radical (unpaired) electrons. The van der Waals surface area contributed by atoms with Crippen LogP contribution in [-0.2, 0) is 21.4 Å². The summed E-state index contributed by atoms with van der Waals surface area (Å²) < 4.78 is 30.8. The molecule has 0 heterocycles. The highest BCUT2D eigenvalue weighted by atomic mass is 32.2. The van der Waals surface area contributed by atoms with Crippen LogP contribution >= 0.6 is 0 Å². The van der Waals surface area contributed by atoms with Crippen LogP contribution in [0.2, 0.25) is 0 Å². The van der Waals surface area contributed by atoms with Gasteiger partial charge in [0.2, 0.25) is 15.9 Å². The van der Waals surface area contributed by atoms with Crippen molar-refractivity contribution in [1.82, 2.24) is 9.62 Å². The lowest BCUT2D eigenvalue weighted by Crippen LogP contribution is -2.38. The maximum Gasteiger partial charge on any atom is 0.223 e. The van der Waals surface area contributed by atoms with Gasteiger partial charge in [-0.3, -0.25) is 4.79 Å². The molecule has 0 aliphatic rings. The Morgan fingerprint density at radius 3 is 2.37 bits per heavy atom. The average molecular weight is 391 g/mol. The molecule has 2 aromatic rings. The van der Waals surface area contributed by atoms with Crippen LogP contribution < -0.4 is 10.1 Å². The number of rotatable bonds is 10. The fraction of sp³-hybridized carbons (Fsp3) is 0.350. The lowest BCUT2D eigenvalue weighted by molar-refractivity contribution is -0.121. The van der Waals surface area contributed by atoms with E-state index in [2.05, 4.69) is 5.32 Å². The molecule has 0 unspecified atom stereocenters. The highest BCUT2D eigenvalue weighted by Crippen LogP contribution is 2.10. The number of amides is 1. The fourth-order valence-electron chi connectivity index (χ4n) is 2.45. The summed E-state index contributed by atoms with van der Waals surface area (Å²) in [5, 5.41) is 2.74. The largest absolute Gasteiger partial charge is 0.493 e. The minimum atomic E-state index is -3.37. The van der Waals surface area contributed by atoms with Crippen LogP contribution in [-0.4, -0.2) is 44.6 Å². The van der Waals surface area contributed by atoms with Crippen LogP contribution in [0.5, 0.6) is 5.75 Å². The summed E-state index contributed by atoms with van der Waals surface area (Å²) in [5.74, 6) is 0.543. The first-order valence-corrected chi connectivity index (χ1v) is 10.6. The minimum absolute atomic E-state index is 0.172. The Bertz CT molecular complexity index is 821. The summed E-state index contributed by atoms with van der Waals surface area (Å²) in [5.41, 5.74) is 2.03. The molecule has 0 saturated carbocycles. The number of carbonyl (C=O) groups is 1. The van der Waals surface area contributed by atoms with Crippen molar-refractivity contribution in [3.63, 3.8) is 0 Å². The third kappa shape index (κ3) is 7.80. The molecular formula is C20H26N2O4S. The number of nitrogens with one attached hydrogen (secondary N) is 1. The van der Waals surface area contributed by atoms with E-state index < -0.39 is 10.0 Å². The van der Waals surface area contributed by atoms with Crippen molar-refractivity contribution in [2.75, 3.05) is 26.0 Å². The second-order valence-electron chi connectivity index (χ2n) is 6.34. The van der Waals surface area contributed by atoms with E-state index >= 15 is 0 Å². The zero-order valence-corrected chi connectivity index (χ0v) is 16.5. The van der Waals surface area contributed by atoms with E-state index in [9.17, 15) is 13.2 Å². The lowest BCUT2D eigenvalue weighted by Gasteiger charge is -2.20. The van der Waals surface area contributed by atoms with Gasteiger partial charge in [0.05, 0.1) is 19.3 Å². The number of carbonyl (C=O) groups excluding carboxylic acids is 1. The van der Waals surface area contributed by atoms with E-state index in [0.717, 1.165) is 11.1 Å². The molecule has 0 aliphatic heterocycles. The van der Waals surface area contributed by atoms with Crippen LogP contribution in [0, 0.1) is 6.92 Å². The number of benzene rings is 2. The molecule has 2 rings (SSSR count). The van der Waals surface area contributed by atoms with Crippen molar-refractivity contribution >= 4 is 15.9 Å². The molecule has 0 aliphatic carbocycles. The second-order valence-corrected chi connectivity index (χ2v) is 8.33. The zero-order valence-electron chi connectivity index (χ0n) is 15.7. The number of hydrogen-bond donors (Lipinski definition) is 1. The van der Waals surface area contributed by atoms with Crippen molar-refractivity contribution in [2.45, 2.75) is 19.9 Å².